The maximum absolute atomic E-state index is 3.79. The van der Waals surface area contributed by atoms with Crippen molar-refractivity contribution in [2.24, 2.45) is 0 Å². The normalized spacial score (nSPS) is 11.6. The first kappa shape index (κ1) is 18.5. The molecule has 0 aromatic carbocycles. The van der Waals surface area contributed by atoms with Crippen molar-refractivity contribution in [3.63, 3.8) is 0 Å². The van der Waals surface area contributed by atoms with Crippen LogP contribution in [0.2, 0.25) is 0 Å². The van der Waals surface area contributed by atoms with Gasteiger partial charge in [0.15, 0.2) is 0 Å². The van der Waals surface area contributed by atoms with E-state index in [0.717, 1.165) is 38.5 Å². The first-order valence-electron chi connectivity index (χ1n) is 9.22. The number of nitrogens with one attached hydrogen (secondary N) is 2. The Hall–Kier alpha value is -0.817. The van der Waals surface area contributed by atoms with E-state index in [4.69, 9.17) is 0 Å². The monoisotopic (exact) mass is 402 g/mol. The number of aryl methyl sites for hydroxylation is 2. The van der Waals surface area contributed by atoms with E-state index in [9.17, 15) is 0 Å². The van der Waals surface area contributed by atoms with Gasteiger partial charge in [-0.15, -0.1) is 0 Å². The van der Waals surface area contributed by atoms with Gasteiger partial charge in [0.25, 0.3) is 0 Å². The Morgan fingerprint density at radius 3 is 1.13 bits per heavy atom. The molecule has 0 saturated carbocycles. The molecule has 130 valence electrons. The summed E-state index contributed by atoms with van der Waals surface area (Å²) in [4.78, 5) is 7.57. The molecule has 3 heteroatoms. The van der Waals surface area contributed by atoms with Gasteiger partial charge in [-0.05, 0) is 0 Å². The molecule has 2 N–H and O–H groups in total. The van der Waals surface area contributed by atoms with Crippen LogP contribution in [0, 0.1) is 0 Å². The minimum absolute atomic E-state index is 0.0588. The molecule has 2 aromatic rings. The fraction of sp³-hybridized carbons (Fsp3) is 0.600. The summed E-state index contributed by atoms with van der Waals surface area (Å²) in [6.07, 6.45) is 6.81. The van der Waals surface area contributed by atoms with Gasteiger partial charge in [-0.25, -0.2) is 0 Å². The third-order valence-electron chi connectivity index (χ3n) is 4.79. The van der Waals surface area contributed by atoms with Crippen LogP contribution in [0.15, 0.2) is 0 Å². The number of H-pyrrole nitrogens is 2. The van der Waals surface area contributed by atoms with Gasteiger partial charge in [0.1, 0.15) is 0 Å². The molecule has 2 rings (SSSR count). The van der Waals surface area contributed by atoms with E-state index in [1.807, 2.05) is 0 Å². The summed E-state index contributed by atoms with van der Waals surface area (Å²) in [7, 11) is 0. The van der Waals surface area contributed by atoms with Crippen LogP contribution >= 0.6 is 0 Å². The topological polar surface area (TPSA) is 31.6 Å². The number of hydrogen-bond acceptors (Lipinski definition) is 0. The molecule has 0 spiro atoms. The SMILES string of the molecule is CCc1[nH][c]([Ru][c]2[nH]c(CC)c(CC)c2CC)c(CC)c1CC. The van der Waals surface area contributed by atoms with Crippen LogP contribution in [-0.4, -0.2) is 9.97 Å². The number of aromatic amines is 2. The first-order chi connectivity index (χ1) is 11.1. The number of hydrogen-bond donors (Lipinski definition) is 2. The molecule has 23 heavy (non-hydrogen) atoms. The maximum atomic E-state index is 3.79. The Morgan fingerprint density at radius 1 is 0.522 bits per heavy atom. The van der Waals surface area contributed by atoms with Crippen LogP contribution in [-0.2, 0) is 55.7 Å². The van der Waals surface area contributed by atoms with E-state index in [1.54, 1.807) is 22.3 Å². The van der Waals surface area contributed by atoms with Crippen LogP contribution in [0.5, 0.6) is 0 Å². The average molecular weight is 402 g/mol. The molecule has 0 radical (unpaired) electrons. The molecule has 0 amide bonds. The van der Waals surface area contributed by atoms with Gasteiger partial charge < -0.3 is 0 Å². The summed E-state index contributed by atoms with van der Waals surface area (Å²) in [6.45, 7) is 13.7. The second-order valence-corrected chi connectivity index (χ2v) is 8.11. The zero-order valence-electron chi connectivity index (χ0n) is 15.6. The van der Waals surface area contributed by atoms with Crippen LogP contribution in [0.3, 0.4) is 0 Å². The molecule has 0 aliphatic carbocycles. The molecule has 2 aromatic heterocycles. The molecule has 0 unspecified atom stereocenters. The fourth-order valence-electron chi connectivity index (χ4n) is 3.61. The predicted molar refractivity (Wildman–Crippen MR) is 97.1 cm³/mol. The van der Waals surface area contributed by atoms with Crippen molar-refractivity contribution in [3.05, 3.63) is 33.6 Å². The van der Waals surface area contributed by atoms with Crippen molar-refractivity contribution in [1.82, 2.24) is 9.97 Å². The summed E-state index contributed by atoms with van der Waals surface area (Å²) in [6, 6.07) is 0. The summed E-state index contributed by atoms with van der Waals surface area (Å²) >= 11 is 0.0588. The standard InChI is InChI=1S/2C10H16N.Ru/c2*1-4-8-7-11-10(6-3)9(8)5-2;/h2*11H,4-6H2,1-3H3;. The Labute approximate surface area is 149 Å². The van der Waals surface area contributed by atoms with Crippen molar-refractivity contribution in [2.45, 2.75) is 80.1 Å². The van der Waals surface area contributed by atoms with E-state index in [2.05, 4.69) is 51.5 Å². The third kappa shape index (κ3) is 3.50. The van der Waals surface area contributed by atoms with Crippen molar-refractivity contribution in [1.29, 1.82) is 0 Å². The van der Waals surface area contributed by atoms with Gasteiger partial charge >= 0.3 is 149 Å². The van der Waals surface area contributed by atoms with E-state index in [1.165, 1.54) is 20.0 Å². The molecule has 0 fully saturated rings. The van der Waals surface area contributed by atoms with Gasteiger partial charge in [-0.3, -0.25) is 0 Å². The molecule has 2 heterocycles. The molecule has 0 aliphatic heterocycles. The van der Waals surface area contributed by atoms with Crippen LogP contribution in [0.1, 0.15) is 75.2 Å². The van der Waals surface area contributed by atoms with E-state index < -0.39 is 0 Å². The predicted octanol–water partition coefficient (Wildman–Crippen LogP) is 3.75. The summed E-state index contributed by atoms with van der Waals surface area (Å²) in [5.41, 5.74) is 9.27. The molecular formula is C20H32N2Ru. The first-order valence-corrected chi connectivity index (χ1v) is 11.0. The van der Waals surface area contributed by atoms with Crippen molar-refractivity contribution < 1.29 is 17.1 Å². The van der Waals surface area contributed by atoms with Gasteiger partial charge in [-0.2, -0.15) is 0 Å². The molecule has 0 bridgehead atoms. The molecular weight excluding hydrogens is 369 g/mol. The fourth-order valence-corrected chi connectivity index (χ4v) is 6.45. The number of aromatic nitrogens is 2. The zero-order chi connectivity index (χ0) is 17.0. The minimum atomic E-state index is 0.0588. The Balaban J connectivity index is 2.47. The third-order valence-corrected chi connectivity index (χ3v) is 7.14. The van der Waals surface area contributed by atoms with Crippen LogP contribution < -0.4 is 8.58 Å². The second kappa shape index (κ2) is 8.33. The molecule has 0 saturated heterocycles. The van der Waals surface area contributed by atoms with Gasteiger partial charge in [0.05, 0.1) is 0 Å². The van der Waals surface area contributed by atoms with E-state index >= 15 is 0 Å². The summed E-state index contributed by atoms with van der Waals surface area (Å²) in [5, 5.41) is 0. The quantitative estimate of drug-likeness (QED) is 0.632. The Bertz CT molecular complexity index is 593. The summed E-state index contributed by atoms with van der Waals surface area (Å²) < 4.78 is 3.05. The zero-order valence-corrected chi connectivity index (χ0v) is 17.3. The van der Waals surface area contributed by atoms with Gasteiger partial charge in [-0.1, -0.05) is 0 Å². The van der Waals surface area contributed by atoms with Gasteiger partial charge in [0, 0.05) is 0 Å². The van der Waals surface area contributed by atoms with E-state index in [-0.39, 0.29) is 17.1 Å². The number of rotatable bonds is 8. The van der Waals surface area contributed by atoms with Gasteiger partial charge in [0.2, 0.25) is 0 Å². The van der Waals surface area contributed by atoms with Crippen molar-refractivity contribution >= 4 is 8.58 Å². The second-order valence-electron chi connectivity index (χ2n) is 5.93. The van der Waals surface area contributed by atoms with Crippen molar-refractivity contribution in [3.8, 4) is 0 Å². The Kier molecular flexibility index (Phi) is 6.71. The summed E-state index contributed by atoms with van der Waals surface area (Å²) in [5.74, 6) is 0. The van der Waals surface area contributed by atoms with Crippen LogP contribution in [0.4, 0.5) is 0 Å². The van der Waals surface area contributed by atoms with Crippen LogP contribution in [0.25, 0.3) is 0 Å². The molecule has 0 aliphatic rings. The molecule has 2 nitrogen and oxygen atoms in total. The molecule has 0 atom stereocenters. The van der Waals surface area contributed by atoms with Crippen molar-refractivity contribution in [2.75, 3.05) is 0 Å². The van der Waals surface area contributed by atoms with E-state index in [0.29, 0.717) is 0 Å². The average Bonchev–Trinajstić information content (AvgIpc) is 3.10. The Morgan fingerprint density at radius 2 is 0.870 bits per heavy atom.